The number of aryl methyl sites for hydroxylation is 1. The molecule has 0 bridgehead atoms. The van der Waals surface area contributed by atoms with Gasteiger partial charge in [-0.1, -0.05) is 25.5 Å². The van der Waals surface area contributed by atoms with E-state index in [9.17, 15) is 4.79 Å². The lowest BCUT2D eigenvalue weighted by molar-refractivity contribution is 0.204. The third-order valence-corrected chi connectivity index (χ3v) is 3.38. The molecule has 112 valence electrons. The molecule has 1 N–H and O–H groups in total. The highest BCUT2D eigenvalue weighted by atomic mass is 16.5. The first-order valence-corrected chi connectivity index (χ1v) is 7.24. The van der Waals surface area contributed by atoms with Crippen LogP contribution in [0.1, 0.15) is 30.9 Å². The van der Waals surface area contributed by atoms with Gasteiger partial charge >= 0.3 is 6.03 Å². The quantitative estimate of drug-likeness (QED) is 0.779. The predicted molar refractivity (Wildman–Crippen MR) is 82.3 cm³/mol. The Hall–Kier alpha value is -1.71. The Bertz CT molecular complexity index is 432. The number of carbonyl (C=O) groups excluding carboxylic acids is 1. The molecule has 0 aliphatic carbocycles. The van der Waals surface area contributed by atoms with Crippen molar-refractivity contribution in [3.63, 3.8) is 0 Å². The molecule has 0 aliphatic rings. The maximum absolute atomic E-state index is 11.7. The topological polar surface area (TPSA) is 41.6 Å². The van der Waals surface area contributed by atoms with Crippen molar-refractivity contribution in [2.24, 2.45) is 0 Å². The standard InChI is InChI=1S/C16H26N2O2/c1-5-6-11-18(4)16(19)17-10-12-20-15-9-7-8-13(2)14(15)3/h7-9H,5-6,10-12H2,1-4H3,(H,17,19). The zero-order valence-corrected chi connectivity index (χ0v) is 13.0. The second-order valence-corrected chi connectivity index (χ2v) is 5.05. The van der Waals surface area contributed by atoms with Crippen LogP contribution in [0.2, 0.25) is 0 Å². The van der Waals surface area contributed by atoms with Crippen molar-refractivity contribution in [3.8, 4) is 5.75 Å². The van der Waals surface area contributed by atoms with Gasteiger partial charge in [-0.25, -0.2) is 4.79 Å². The molecule has 1 rings (SSSR count). The SMILES string of the molecule is CCCCN(C)C(=O)NCCOc1cccc(C)c1C. The van der Waals surface area contributed by atoms with Gasteiger partial charge in [0.25, 0.3) is 0 Å². The molecule has 20 heavy (non-hydrogen) atoms. The van der Waals surface area contributed by atoms with Crippen molar-refractivity contribution in [2.45, 2.75) is 33.6 Å². The summed E-state index contributed by atoms with van der Waals surface area (Å²) < 4.78 is 5.70. The molecule has 0 heterocycles. The molecule has 1 aromatic carbocycles. The lowest BCUT2D eigenvalue weighted by atomic mass is 10.1. The Morgan fingerprint density at radius 2 is 2.10 bits per heavy atom. The van der Waals surface area contributed by atoms with E-state index in [0.29, 0.717) is 13.2 Å². The summed E-state index contributed by atoms with van der Waals surface area (Å²) in [5.41, 5.74) is 2.37. The van der Waals surface area contributed by atoms with Gasteiger partial charge < -0.3 is 15.0 Å². The molecular formula is C16H26N2O2. The maximum Gasteiger partial charge on any atom is 0.317 e. The van der Waals surface area contributed by atoms with E-state index < -0.39 is 0 Å². The van der Waals surface area contributed by atoms with E-state index >= 15 is 0 Å². The number of nitrogens with zero attached hydrogens (tertiary/aromatic N) is 1. The molecule has 1 aromatic rings. The summed E-state index contributed by atoms with van der Waals surface area (Å²) in [7, 11) is 1.82. The van der Waals surface area contributed by atoms with Crippen molar-refractivity contribution in [1.82, 2.24) is 10.2 Å². The van der Waals surface area contributed by atoms with Crippen LogP contribution in [0, 0.1) is 13.8 Å². The van der Waals surface area contributed by atoms with Gasteiger partial charge in [-0.05, 0) is 37.5 Å². The average molecular weight is 278 g/mol. The number of urea groups is 1. The van der Waals surface area contributed by atoms with Crippen molar-refractivity contribution in [1.29, 1.82) is 0 Å². The van der Waals surface area contributed by atoms with E-state index in [1.165, 1.54) is 5.56 Å². The Morgan fingerprint density at radius 3 is 2.80 bits per heavy atom. The molecule has 0 atom stereocenters. The van der Waals surface area contributed by atoms with E-state index in [1.54, 1.807) is 4.90 Å². The fraction of sp³-hybridized carbons (Fsp3) is 0.562. The minimum atomic E-state index is -0.0389. The van der Waals surface area contributed by atoms with Crippen LogP contribution in [0.15, 0.2) is 18.2 Å². The molecule has 0 aliphatic heterocycles. The molecule has 0 unspecified atom stereocenters. The summed E-state index contributed by atoms with van der Waals surface area (Å²) in [6.07, 6.45) is 2.12. The van der Waals surface area contributed by atoms with Gasteiger partial charge in [-0.15, -0.1) is 0 Å². The second-order valence-electron chi connectivity index (χ2n) is 5.05. The van der Waals surface area contributed by atoms with Crippen LogP contribution in [0.25, 0.3) is 0 Å². The number of nitrogens with one attached hydrogen (secondary N) is 1. The highest BCUT2D eigenvalue weighted by Gasteiger charge is 2.07. The summed E-state index contributed by atoms with van der Waals surface area (Å²) in [6, 6.07) is 5.96. The minimum absolute atomic E-state index is 0.0389. The maximum atomic E-state index is 11.7. The number of hydrogen-bond acceptors (Lipinski definition) is 2. The summed E-state index contributed by atoms with van der Waals surface area (Å²) in [5, 5.41) is 2.86. The van der Waals surface area contributed by atoms with Gasteiger partial charge in [0.05, 0.1) is 6.54 Å². The fourth-order valence-electron chi connectivity index (χ4n) is 1.83. The van der Waals surface area contributed by atoms with Crippen LogP contribution in [-0.2, 0) is 0 Å². The van der Waals surface area contributed by atoms with Crippen molar-refractivity contribution in [3.05, 3.63) is 29.3 Å². The average Bonchev–Trinajstić information content (AvgIpc) is 2.44. The van der Waals surface area contributed by atoms with Crippen molar-refractivity contribution >= 4 is 6.03 Å². The Kier molecular flexibility index (Phi) is 6.91. The first-order chi connectivity index (χ1) is 9.56. The van der Waals surface area contributed by atoms with Gasteiger partial charge in [0.15, 0.2) is 0 Å². The normalized spacial score (nSPS) is 10.2. The Labute approximate surface area is 122 Å². The molecule has 0 saturated carbocycles. The largest absolute Gasteiger partial charge is 0.491 e. The van der Waals surface area contributed by atoms with Crippen molar-refractivity contribution < 1.29 is 9.53 Å². The zero-order valence-electron chi connectivity index (χ0n) is 13.0. The van der Waals surface area contributed by atoms with Crippen LogP contribution < -0.4 is 10.1 Å². The van der Waals surface area contributed by atoms with Gasteiger partial charge in [-0.3, -0.25) is 0 Å². The van der Waals surface area contributed by atoms with Gasteiger partial charge in [0.2, 0.25) is 0 Å². The summed E-state index contributed by atoms with van der Waals surface area (Å²) in [6.45, 7) is 8.01. The highest BCUT2D eigenvalue weighted by Crippen LogP contribution is 2.20. The van der Waals surface area contributed by atoms with E-state index in [0.717, 1.165) is 30.7 Å². The molecule has 2 amide bonds. The number of rotatable bonds is 7. The first-order valence-electron chi connectivity index (χ1n) is 7.24. The highest BCUT2D eigenvalue weighted by molar-refractivity contribution is 5.73. The molecule has 0 radical (unpaired) electrons. The molecule has 4 nitrogen and oxygen atoms in total. The minimum Gasteiger partial charge on any atom is -0.491 e. The van der Waals surface area contributed by atoms with Crippen LogP contribution in [-0.4, -0.2) is 37.7 Å². The Balaban J connectivity index is 2.28. The van der Waals surface area contributed by atoms with Crippen LogP contribution >= 0.6 is 0 Å². The smallest absolute Gasteiger partial charge is 0.317 e. The van der Waals surface area contributed by atoms with E-state index in [4.69, 9.17) is 4.74 Å². The lowest BCUT2D eigenvalue weighted by Gasteiger charge is -2.18. The molecule has 0 fully saturated rings. The second kappa shape index (κ2) is 8.46. The van der Waals surface area contributed by atoms with E-state index in [-0.39, 0.29) is 6.03 Å². The van der Waals surface area contributed by atoms with E-state index in [2.05, 4.69) is 25.2 Å². The molecule has 0 saturated heterocycles. The number of benzene rings is 1. The summed E-state index contributed by atoms with van der Waals surface area (Å²) >= 11 is 0. The summed E-state index contributed by atoms with van der Waals surface area (Å²) in [5.74, 6) is 0.888. The Morgan fingerprint density at radius 1 is 1.35 bits per heavy atom. The third-order valence-electron chi connectivity index (χ3n) is 3.38. The monoisotopic (exact) mass is 278 g/mol. The molecule has 0 aromatic heterocycles. The number of unbranched alkanes of at least 4 members (excludes halogenated alkanes) is 1. The number of amides is 2. The van der Waals surface area contributed by atoms with E-state index in [1.807, 2.05) is 26.1 Å². The van der Waals surface area contributed by atoms with Crippen LogP contribution in [0.3, 0.4) is 0 Å². The van der Waals surface area contributed by atoms with Crippen LogP contribution in [0.4, 0.5) is 4.79 Å². The third kappa shape index (κ3) is 5.11. The van der Waals surface area contributed by atoms with Gasteiger partial charge in [-0.2, -0.15) is 0 Å². The number of hydrogen-bond donors (Lipinski definition) is 1. The van der Waals surface area contributed by atoms with Crippen LogP contribution in [0.5, 0.6) is 5.75 Å². The first kappa shape index (κ1) is 16.3. The van der Waals surface area contributed by atoms with Crippen molar-refractivity contribution in [2.75, 3.05) is 26.7 Å². The zero-order chi connectivity index (χ0) is 15.0. The molecular weight excluding hydrogens is 252 g/mol. The number of carbonyl (C=O) groups is 1. The van der Waals surface area contributed by atoms with Gasteiger partial charge in [0.1, 0.15) is 12.4 Å². The lowest BCUT2D eigenvalue weighted by Crippen LogP contribution is -2.39. The predicted octanol–water partition coefficient (Wildman–Crippen LogP) is 3.12. The molecule has 4 heteroatoms. The molecule has 0 spiro atoms. The number of ether oxygens (including phenoxy) is 1. The summed E-state index contributed by atoms with van der Waals surface area (Å²) in [4.78, 5) is 13.5. The van der Waals surface area contributed by atoms with Gasteiger partial charge in [0, 0.05) is 13.6 Å². The fourth-order valence-corrected chi connectivity index (χ4v) is 1.83.